The fourth-order valence-corrected chi connectivity index (χ4v) is 4.21. The molecule has 0 radical (unpaired) electrons. The predicted molar refractivity (Wildman–Crippen MR) is 78.6 cm³/mol. The molecule has 1 aliphatic rings. The van der Waals surface area contributed by atoms with Gasteiger partial charge in [0.05, 0.1) is 0 Å². The zero-order chi connectivity index (χ0) is 13.9. The highest BCUT2D eigenvalue weighted by molar-refractivity contribution is 5.32. The van der Waals surface area contributed by atoms with Crippen molar-refractivity contribution in [2.45, 2.75) is 57.8 Å². The molecule has 2 heteroatoms. The lowest BCUT2D eigenvalue weighted by molar-refractivity contribution is 0.00768. The van der Waals surface area contributed by atoms with Crippen molar-refractivity contribution in [2.24, 2.45) is 11.1 Å². The predicted octanol–water partition coefficient (Wildman–Crippen LogP) is 4.40. The van der Waals surface area contributed by atoms with Crippen molar-refractivity contribution in [1.82, 2.24) is 0 Å². The molecule has 0 unspecified atom stereocenters. The van der Waals surface area contributed by atoms with Crippen molar-refractivity contribution in [3.05, 3.63) is 35.6 Å². The van der Waals surface area contributed by atoms with Crippen LogP contribution in [-0.2, 0) is 5.41 Å². The second-order valence-electron chi connectivity index (χ2n) is 6.35. The second kappa shape index (κ2) is 5.62. The lowest BCUT2D eigenvalue weighted by Gasteiger charge is -2.57. The van der Waals surface area contributed by atoms with Crippen LogP contribution in [0.1, 0.15) is 57.9 Å². The van der Waals surface area contributed by atoms with Crippen LogP contribution >= 0.6 is 0 Å². The standard InChI is InChI=1S/C17H26FN/c1-3-8-16(9-4-2)11-17(12-16,13-19)14-6-5-7-15(18)10-14/h5-7,10H,3-4,8-9,11-13,19H2,1-2H3. The molecule has 0 bridgehead atoms. The third-order valence-corrected chi connectivity index (χ3v) is 4.82. The summed E-state index contributed by atoms with van der Waals surface area (Å²) in [6.45, 7) is 5.13. The van der Waals surface area contributed by atoms with Crippen LogP contribution in [0.4, 0.5) is 4.39 Å². The topological polar surface area (TPSA) is 26.0 Å². The number of rotatable bonds is 6. The summed E-state index contributed by atoms with van der Waals surface area (Å²) in [6, 6.07) is 7.03. The average Bonchev–Trinajstić information content (AvgIpc) is 2.35. The van der Waals surface area contributed by atoms with Crippen molar-refractivity contribution in [1.29, 1.82) is 0 Å². The molecule has 0 amide bonds. The van der Waals surface area contributed by atoms with Crippen molar-refractivity contribution in [3.63, 3.8) is 0 Å². The van der Waals surface area contributed by atoms with Gasteiger partial charge in [0.1, 0.15) is 5.82 Å². The number of hydrogen-bond donors (Lipinski definition) is 1. The van der Waals surface area contributed by atoms with E-state index in [9.17, 15) is 4.39 Å². The molecule has 0 saturated heterocycles. The van der Waals surface area contributed by atoms with E-state index in [0.29, 0.717) is 12.0 Å². The highest BCUT2D eigenvalue weighted by atomic mass is 19.1. The van der Waals surface area contributed by atoms with Crippen molar-refractivity contribution in [2.75, 3.05) is 6.54 Å². The Morgan fingerprint density at radius 3 is 2.26 bits per heavy atom. The molecule has 2 rings (SSSR count). The van der Waals surface area contributed by atoms with E-state index < -0.39 is 0 Å². The molecule has 1 aromatic carbocycles. The molecule has 0 atom stereocenters. The van der Waals surface area contributed by atoms with Crippen LogP contribution in [0.2, 0.25) is 0 Å². The zero-order valence-electron chi connectivity index (χ0n) is 12.2. The first-order valence-corrected chi connectivity index (χ1v) is 7.56. The van der Waals surface area contributed by atoms with Crippen molar-refractivity contribution in [3.8, 4) is 0 Å². The molecule has 1 aromatic rings. The first-order valence-electron chi connectivity index (χ1n) is 7.56. The van der Waals surface area contributed by atoms with E-state index >= 15 is 0 Å². The molecular weight excluding hydrogens is 237 g/mol. The van der Waals surface area contributed by atoms with E-state index in [1.165, 1.54) is 31.7 Å². The van der Waals surface area contributed by atoms with Crippen LogP contribution in [0.3, 0.4) is 0 Å². The van der Waals surface area contributed by atoms with Gasteiger partial charge in [-0.25, -0.2) is 4.39 Å². The fourth-order valence-electron chi connectivity index (χ4n) is 4.21. The Kier molecular flexibility index (Phi) is 4.29. The second-order valence-corrected chi connectivity index (χ2v) is 6.35. The van der Waals surface area contributed by atoms with Crippen molar-refractivity contribution < 1.29 is 4.39 Å². The summed E-state index contributed by atoms with van der Waals surface area (Å²) in [5.41, 5.74) is 7.61. The fraction of sp³-hybridized carbons (Fsp3) is 0.647. The highest BCUT2D eigenvalue weighted by Crippen LogP contribution is 2.59. The van der Waals surface area contributed by atoms with Gasteiger partial charge in [-0.2, -0.15) is 0 Å². The SMILES string of the molecule is CCCC1(CCC)CC(CN)(c2cccc(F)c2)C1. The quantitative estimate of drug-likeness (QED) is 0.808. The molecule has 0 aliphatic heterocycles. The number of halogens is 1. The van der Waals surface area contributed by atoms with Crippen LogP contribution in [0, 0.1) is 11.2 Å². The molecule has 1 aliphatic carbocycles. The van der Waals surface area contributed by atoms with Gasteiger partial charge in [0.15, 0.2) is 0 Å². The highest BCUT2D eigenvalue weighted by Gasteiger charge is 2.53. The van der Waals surface area contributed by atoms with Gasteiger partial charge in [-0.1, -0.05) is 38.8 Å². The van der Waals surface area contributed by atoms with Gasteiger partial charge >= 0.3 is 0 Å². The minimum absolute atomic E-state index is 0.0203. The van der Waals surface area contributed by atoms with E-state index in [-0.39, 0.29) is 11.2 Å². The summed E-state index contributed by atoms with van der Waals surface area (Å²) >= 11 is 0. The third-order valence-electron chi connectivity index (χ3n) is 4.82. The van der Waals surface area contributed by atoms with E-state index in [2.05, 4.69) is 13.8 Å². The Morgan fingerprint density at radius 2 is 1.79 bits per heavy atom. The summed E-state index contributed by atoms with van der Waals surface area (Å²) < 4.78 is 13.4. The maximum absolute atomic E-state index is 13.4. The lowest BCUT2D eigenvalue weighted by Crippen LogP contribution is -2.53. The molecule has 0 spiro atoms. The summed E-state index contributed by atoms with van der Waals surface area (Å²) in [5, 5.41) is 0. The normalized spacial score (nSPS) is 20.0. The van der Waals surface area contributed by atoms with Crippen LogP contribution in [0.5, 0.6) is 0 Å². The first-order chi connectivity index (χ1) is 9.10. The van der Waals surface area contributed by atoms with Gasteiger partial charge in [-0.05, 0) is 48.8 Å². The van der Waals surface area contributed by atoms with Crippen LogP contribution in [0.25, 0.3) is 0 Å². The third kappa shape index (κ3) is 2.69. The van der Waals surface area contributed by atoms with Gasteiger partial charge in [0, 0.05) is 12.0 Å². The van der Waals surface area contributed by atoms with Crippen LogP contribution in [-0.4, -0.2) is 6.54 Å². The first kappa shape index (κ1) is 14.5. The molecule has 2 N–H and O–H groups in total. The van der Waals surface area contributed by atoms with E-state index in [1.807, 2.05) is 12.1 Å². The Bertz CT molecular complexity index is 413. The van der Waals surface area contributed by atoms with Gasteiger partial charge in [0.25, 0.3) is 0 Å². The van der Waals surface area contributed by atoms with E-state index in [1.54, 1.807) is 6.07 Å². The average molecular weight is 263 g/mol. The minimum Gasteiger partial charge on any atom is -0.330 e. The number of nitrogens with two attached hydrogens (primary N) is 1. The summed E-state index contributed by atoms with van der Waals surface area (Å²) in [5.74, 6) is -0.145. The smallest absolute Gasteiger partial charge is 0.123 e. The lowest BCUT2D eigenvalue weighted by atomic mass is 9.48. The zero-order valence-corrected chi connectivity index (χ0v) is 12.2. The summed E-state index contributed by atoms with van der Waals surface area (Å²) in [7, 11) is 0. The Labute approximate surface area is 116 Å². The molecule has 1 nitrogen and oxygen atoms in total. The minimum atomic E-state index is -0.145. The van der Waals surface area contributed by atoms with Gasteiger partial charge in [0.2, 0.25) is 0 Å². The van der Waals surface area contributed by atoms with E-state index in [0.717, 1.165) is 18.4 Å². The number of benzene rings is 1. The van der Waals surface area contributed by atoms with Crippen LogP contribution in [0.15, 0.2) is 24.3 Å². The molecule has 0 aromatic heterocycles. The molecule has 106 valence electrons. The number of hydrogen-bond acceptors (Lipinski definition) is 1. The Hall–Kier alpha value is -0.890. The summed E-state index contributed by atoms with van der Waals surface area (Å²) in [6.07, 6.45) is 7.26. The maximum Gasteiger partial charge on any atom is 0.123 e. The maximum atomic E-state index is 13.4. The molecule has 1 fully saturated rings. The Morgan fingerprint density at radius 1 is 1.16 bits per heavy atom. The molecular formula is C17H26FN. The van der Waals surface area contributed by atoms with Crippen LogP contribution < -0.4 is 5.73 Å². The molecule has 1 saturated carbocycles. The van der Waals surface area contributed by atoms with Gasteiger partial charge in [-0.3, -0.25) is 0 Å². The monoisotopic (exact) mass is 263 g/mol. The van der Waals surface area contributed by atoms with Gasteiger partial charge in [-0.15, -0.1) is 0 Å². The van der Waals surface area contributed by atoms with E-state index in [4.69, 9.17) is 5.73 Å². The largest absolute Gasteiger partial charge is 0.330 e. The van der Waals surface area contributed by atoms with Gasteiger partial charge < -0.3 is 5.73 Å². The summed E-state index contributed by atoms with van der Waals surface area (Å²) in [4.78, 5) is 0. The molecule has 19 heavy (non-hydrogen) atoms. The molecule has 0 heterocycles. The Balaban J connectivity index is 2.19. The van der Waals surface area contributed by atoms with Crippen molar-refractivity contribution >= 4 is 0 Å².